The van der Waals surface area contributed by atoms with Crippen LogP contribution in [0.1, 0.15) is 33.6 Å². The average Bonchev–Trinajstić information content (AvgIpc) is 2.96. The van der Waals surface area contributed by atoms with Crippen molar-refractivity contribution in [2.45, 2.75) is 112 Å². The average molecular weight is 645 g/mol. The highest BCUT2D eigenvalue weighted by Crippen LogP contribution is 2.35. The number of amides is 2. The molecule has 2 saturated heterocycles. The predicted molar refractivity (Wildman–Crippen MR) is 141 cm³/mol. The van der Waals surface area contributed by atoms with Gasteiger partial charge in [-0.25, -0.2) is 9.59 Å². The standard InChI is InChI=1S/C25H44N2O17/c1-23(2,3)44-22(38)27-15-10(30)6-24(39,42-18(15)16(34)12(32)8-28)20(36)26-14-11(31)7-25(41-5,21(37)40-4)43-19(14)17(35)13(33)9-29/h10-19,28-35,39H,6-9H2,1-5H3,(H,26,36)(H,27,38)/t10-,11-,12+,13+,14+,15+,16+,17+,18+,19+,24-,25+/m0/s1. The molecule has 2 rings (SSSR count). The van der Waals surface area contributed by atoms with Gasteiger partial charge in [0.05, 0.1) is 44.6 Å². The molecule has 0 spiro atoms. The van der Waals surface area contributed by atoms with Gasteiger partial charge in [-0.3, -0.25) is 4.79 Å². The Morgan fingerprint density at radius 1 is 0.864 bits per heavy atom. The Labute approximate surface area is 252 Å². The monoisotopic (exact) mass is 644 g/mol. The molecule has 0 aliphatic carbocycles. The van der Waals surface area contributed by atoms with Crippen LogP contribution in [-0.4, -0.2) is 169 Å². The van der Waals surface area contributed by atoms with Crippen LogP contribution in [-0.2, 0) is 33.3 Å². The summed E-state index contributed by atoms with van der Waals surface area (Å²) in [5, 5.41) is 97.6. The number of methoxy groups -OCH3 is 2. The van der Waals surface area contributed by atoms with E-state index < -0.39 is 122 Å². The van der Waals surface area contributed by atoms with Gasteiger partial charge >= 0.3 is 12.1 Å². The SMILES string of the molecule is COC(=O)[C@@]1(OC)C[C@H](O)[C@@H](NC(=O)[C@]2(O)C[C@H](O)[C@@H](NC(=O)OC(C)(C)C)[C@H]([C@H](O)[C@H](O)CO)O2)[C@H]([C@H](O)[C@H](O)CO)O1. The number of esters is 1. The van der Waals surface area contributed by atoms with Crippen molar-refractivity contribution in [2.75, 3.05) is 27.4 Å². The largest absolute Gasteiger partial charge is 0.465 e. The second-order valence-corrected chi connectivity index (χ2v) is 11.6. The maximum absolute atomic E-state index is 13.4. The summed E-state index contributed by atoms with van der Waals surface area (Å²) in [4.78, 5) is 38.3. The number of hydrogen-bond donors (Lipinski definition) is 11. The van der Waals surface area contributed by atoms with Crippen molar-refractivity contribution < 1.29 is 84.0 Å². The number of ether oxygens (including phenoxy) is 5. The van der Waals surface area contributed by atoms with Crippen LogP contribution in [0.5, 0.6) is 0 Å². The van der Waals surface area contributed by atoms with Gasteiger partial charge in [0, 0.05) is 20.0 Å². The fourth-order valence-corrected chi connectivity index (χ4v) is 4.87. The molecule has 19 nitrogen and oxygen atoms in total. The van der Waals surface area contributed by atoms with E-state index in [0.29, 0.717) is 0 Å². The molecule has 0 bridgehead atoms. The van der Waals surface area contributed by atoms with Crippen LogP contribution in [0.3, 0.4) is 0 Å². The van der Waals surface area contributed by atoms with Gasteiger partial charge in [0.2, 0.25) is 5.79 Å². The molecule has 44 heavy (non-hydrogen) atoms. The molecule has 0 radical (unpaired) electrons. The summed E-state index contributed by atoms with van der Waals surface area (Å²) < 4.78 is 25.8. The van der Waals surface area contributed by atoms with Crippen molar-refractivity contribution in [3.8, 4) is 0 Å². The van der Waals surface area contributed by atoms with Crippen LogP contribution in [0, 0.1) is 0 Å². The number of rotatable bonds is 11. The minimum atomic E-state index is -3.06. The van der Waals surface area contributed by atoms with E-state index in [1.54, 1.807) is 20.8 Å². The molecule has 0 aromatic rings. The minimum absolute atomic E-state index is 0.701. The highest BCUT2D eigenvalue weighted by Gasteiger charge is 2.59. The number of carbonyl (C=O) groups excluding carboxylic acids is 3. The van der Waals surface area contributed by atoms with Crippen molar-refractivity contribution in [3.63, 3.8) is 0 Å². The Morgan fingerprint density at radius 2 is 1.34 bits per heavy atom. The van der Waals surface area contributed by atoms with E-state index in [9.17, 15) is 60.3 Å². The Hall–Kier alpha value is -2.27. The Bertz CT molecular complexity index is 996. The van der Waals surface area contributed by atoms with E-state index in [-0.39, 0.29) is 0 Å². The maximum Gasteiger partial charge on any atom is 0.408 e. The lowest BCUT2D eigenvalue weighted by Gasteiger charge is -2.48. The number of aliphatic hydroxyl groups excluding tert-OH is 8. The zero-order valence-corrected chi connectivity index (χ0v) is 24.9. The van der Waals surface area contributed by atoms with Gasteiger partial charge in [-0.05, 0) is 20.8 Å². The summed E-state index contributed by atoms with van der Waals surface area (Å²) in [5.74, 6) is -8.05. The second-order valence-electron chi connectivity index (χ2n) is 11.6. The van der Waals surface area contributed by atoms with Crippen LogP contribution < -0.4 is 10.6 Å². The summed E-state index contributed by atoms with van der Waals surface area (Å²) in [6, 6.07) is -3.35. The summed E-state index contributed by atoms with van der Waals surface area (Å²) in [7, 11) is 1.99. The number of aliphatic hydroxyl groups is 9. The molecule has 2 aliphatic rings. The highest BCUT2D eigenvalue weighted by molar-refractivity contribution is 5.84. The molecule has 0 aromatic heterocycles. The minimum Gasteiger partial charge on any atom is -0.465 e. The molecule has 256 valence electrons. The summed E-state index contributed by atoms with van der Waals surface area (Å²) in [5.41, 5.74) is -0.994. The summed E-state index contributed by atoms with van der Waals surface area (Å²) in [6.07, 6.45) is -18.3. The molecule has 2 amide bonds. The van der Waals surface area contributed by atoms with Crippen LogP contribution in [0.25, 0.3) is 0 Å². The van der Waals surface area contributed by atoms with E-state index >= 15 is 0 Å². The molecular weight excluding hydrogens is 600 g/mol. The number of carbonyl (C=O) groups is 3. The highest BCUT2D eigenvalue weighted by atomic mass is 16.7. The Balaban J connectivity index is 2.42. The van der Waals surface area contributed by atoms with Gasteiger partial charge in [0.25, 0.3) is 11.7 Å². The summed E-state index contributed by atoms with van der Waals surface area (Å²) >= 11 is 0. The Morgan fingerprint density at radius 3 is 1.80 bits per heavy atom. The fraction of sp³-hybridized carbons (Fsp3) is 0.880. The third-order valence-electron chi connectivity index (χ3n) is 7.16. The fourth-order valence-electron chi connectivity index (χ4n) is 4.87. The van der Waals surface area contributed by atoms with Crippen molar-refractivity contribution in [2.24, 2.45) is 0 Å². The van der Waals surface area contributed by atoms with E-state index in [0.717, 1.165) is 14.2 Å². The number of hydrogen-bond acceptors (Lipinski definition) is 17. The van der Waals surface area contributed by atoms with Crippen molar-refractivity contribution in [3.05, 3.63) is 0 Å². The molecule has 11 N–H and O–H groups in total. The van der Waals surface area contributed by atoms with E-state index in [2.05, 4.69) is 15.4 Å². The molecular formula is C25H44N2O17. The lowest BCUT2D eigenvalue weighted by Crippen LogP contribution is -2.72. The first-order valence-corrected chi connectivity index (χ1v) is 13.6. The van der Waals surface area contributed by atoms with E-state index in [1.807, 2.05) is 0 Å². The van der Waals surface area contributed by atoms with Gasteiger partial charge < -0.3 is 80.3 Å². The van der Waals surface area contributed by atoms with Crippen LogP contribution in [0.4, 0.5) is 4.79 Å². The molecule has 0 saturated carbocycles. The van der Waals surface area contributed by atoms with Crippen molar-refractivity contribution in [1.82, 2.24) is 10.6 Å². The second kappa shape index (κ2) is 14.9. The van der Waals surface area contributed by atoms with Crippen molar-refractivity contribution >= 4 is 18.0 Å². The van der Waals surface area contributed by atoms with E-state index in [1.165, 1.54) is 0 Å². The molecule has 0 unspecified atom stereocenters. The van der Waals surface area contributed by atoms with Gasteiger partial charge in [0.15, 0.2) is 0 Å². The normalized spacial score (nSPS) is 35.5. The number of nitrogens with one attached hydrogen (secondary N) is 2. The first-order valence-electron chi connectivity index (χ1n) is 13.6. The Kier molecular flexibility index (Phi) is 12.8. The van der Waals surface area contributed by atoms with Crippen LogP contribution >= 0.6 is 0 Å². The topological polar surface area (TPSA) is 303 Å². The molecule has 19 heteroatoms. The zero-order chi connectivity index (χ0) is 33.8. The van der Waals surface area contributed by atoms with Gasteiger partial charge in [0.1, 0.15) is 42.2 Å². The smallest absolute Gasteiger partial charge is 0.408 e. The predicted octanol–water partition coefficient (Wildman–Crippen LogP) is -5.70. The van der Waals surface area contributed by atoms with Gasteiger partial charge in [-0.1, -0.05) is 0 Å². The molecule has 2 aliphatic heterocycles. The van der Waals surface area contributed by atoms with Gasteiger partial charge in [-0.15, -0.1) is 0 Å². The quantitative estimate of drug-likeness (QED) is 0.0934. The van der Waals surface area contributed by atoms with Gasteiger partial charge in [-0.2, -0.15) is 0 Å². The molecule has 2 fully saturated rings. The third-order valence-corrected chi connectivity index (χ3v) is 7.16. The first-order chi connectivity index (χ1) is 20.3. The van der Waals surface area contributed by atoms with Crippen molar-refractivity contribution in [1.29, 1.82) is 0 Å². The van der Waals surface area contributed by atoms with Crippen LogP contribution in [0.2, 0.25) is 0 Å². The number of alkyl carbamates (subject to hydrolysis) is 1. The maximum atomic E-state index is 13.4. The lowest BCUT2D eigenvalue weighted by atomic mass is 9.86. The molecule has 0 aromatic carbocycles. The third kappa shape index (κ3) is 8.50. The van der Waals surface area contributed by atoms with E-state index in [4.69, 9.17) is 18.9 Å². The zero-order valence-electron chi connectivity index (χ0n) is 24.9. The lowest BCUT2D eigenvalue weighted by molar-refractivity contribution is -0.308. The molecule has 12 atom stereocenters. The summed E-state index contributed by atoms with van der Waals surface area (Å²) in [6.45, 7) is 2.58. The molecule has 2 heterocycles. The van der Waals surface area contributed by atoms with Crippen LogP contribution in [0.15, 0.2) is 0 Å². The first kappa shape index (κ1) is 37.9.